The summed E-state index contributed by atoms with van der Waals surface area (Å²) >= 11 is 6.39. The van der Waals surface area contributed by atoms with Gasteiger partial charge in [0.1, 0.15) is 47.8 Å². The average molecular weight is 2100 g/mol. The summed E-state index contributed by atoms with van der Waals surface area (Å²) in [6, 6.07) is 48.8. The van der Waals surface area contributed by atoms with Crippen LogP contribution in [0.1, 0.15) is 127 Å². The first kappa shape index (κ1) is 101. The minimum atomic E-state index is -3.85. The Labute approximate surface area is 783 Å². The van der Waals surface area contributed by atoms with Gasteiger partial charge < -0.3 is 84.0 Å². The number of halogens is 3. The van der Waals surface area contributed by atoms with Crippen molar-refractivity contribution in [3.8, 4) is 6.19 Å². The van der Waals surface area contributed by atoms with E-state index in [1.165, 1.54) is 40.0 Å². The van der Waals surface area contributed by atoms with Crippen molar-refractivity contribution in [3.05, 3.63) is 261 Å². The number of carbonyl (C=O) groups is 3. The van der Waals surface area contributed by atoms with E-state index >= 15 is 0 Å². The van der Waals surface area contributed by atoms with Gasteiger partial charge in [-0.05, 0) is 254 Å². The summed E-state index contributed by atoms with van der Waals surface area (Å²) in [4.78, 5) is 81.9. The highest BCUT2D eigenvalue weighted by atomic mass is 127. The first-order chi connectivity index (χ1) is 59.1. The van der Waals surface area contributed by atoms with Gasteiger partial charge in [0.15, 0.2) is 17.8 Å². The van der Waals surface area contributed by atoms with E-state index < -0.39 is 33.6 Å². The van der Waals surface area contributed by atoms with Gasteiger partial charge in [-0.25, -0.2) is 39.5 Å². The number of nitrogen functional groups attached to an aromatic ring is 6. The van der Waals surface area contributed by atoms with Crippen LogP contribution >= 0.6 is 67.8 Å². The number of carboxylic acid groups (broad SMARTS) is 1. The Morgan fingerprint density at radius 3 is 1.55 bits per heavy atom. The number of aromatic nitrogens is 10. The number of nitrogens with one attached hydrogen (secondary N) is 2. The second-order valence-corrected chi connectivity index (χ2v) is 36.8. The predicted octanol–water partition coefficient (Wildman–Crippen LogP) is 15.3. The standard InChI is InChI=1S/C26H31N7O3.C17H22N4O2.C14H12N2O2S.C9H8IN3O.C8H9IN2O.C7H6INO2.C7H8N2O.3CH4/c1-25(2)35-19-18(33-10-8-16-21(27)29-13-30-22(16)33)12-26(3,20(19)36-25)9-7-14-5-6-15-17(11-14)31-24(28)32(4)23(15)34;1-5-17(4)8-11(12-13(17)23-16(2,3)22-12)21-7-6-10-14(18)19-9-20-15(10)21;1-12-7-9-14(10-8-12)19(17,18)16(11-15)13-5-3-2-4-6-13;1-13-8(14)6-3-2-5(10)4-7(6)12-9(13)11;1-11-8(12)6-3-2-5(9)4-7(6)10;8-4-1-2-5(7(10)11)6(9)3-4;8-7(10)9-6-4-2-1-3-5-6;;;/h5-6,8,10-11,13,18-20H,7,9,12H2,1-4H3,(H2,28,31)(H2,27,29,30);5-7,9,11-13H,1,8H2,2-4H3,(H2,18,19,20);2-10H,1H3;2-4H,1H3,(H2,11,12);2-4H,10H2,1H3,(H,11,12);1-3H,9H2,(H,10,11);1-5H,(H3,8,9,10);3*1H4/t18-,19+,20+,26+;11-,12+,13+,17+;;;;;;;;/m11......../s1. The molecule has 4 aliphatic rings. The number of amides is 3. The summed E-state index contributed by atoms with van der Waals surface area (Å²) < 4.78 is 60.8. The number of rotatable bonds is 12. The molecule has 2 aliphatic heterocycles. The third kappa shape index (κ3) is 23.1. The molecule has 13 aromatic rings. The lowest BCUT2D eigenvalue weighted by atomic mass is 9.80. The topological polar surface area (TPSA) is 507 Å². The van der Waals surface area contributed by atoms with Gasteiger partial charge in [0.25, 0.3) is 27.0 Å². The van der Waals surface area contributed by atoms with Crippen LogP contribution in [0.2, 0.25) is 0 Å². The number of urea groups is 1. The molecule has 0 bridgehead atoms. The van der Waals surface area contributed by atoms with Crippen LogP contribution in [-0.2, 0) is 49.5 Å². The molecule has 4 fully saturated rings. The maximum Gasteiger partial charge on any atom is 0.337 e. The number of hydrogen-bond acceptors (Lipinski definition) is 24. The maximum atomic E-state index is 12.5. The van der Waals surface area contributed by atoms with Crippen molar-refractivity contribution in [3.63, 3.8) is 0 Å². The molecule has 0 radical (unpaired) electrons. The van der Waals surface area contributed by atoms with Crippen molar-refractivity contribution >= 4 is 186 Å². The molecule has 128 heavy (non-hydrogen) atoms. The number of nitrogens with zero attached hydrogens (tertiary/aromatic N) is 12. The summed E-state index contributed by atoms with van der Waals surface area (Å²) in [5.74, 6) is -0.974. The number of carbonyl (C=O) groups excluding carboxylic acids is 2. The fraction of sp³-hybridized carbons (Fsp3) is 0.297. The van der Waals surface area contributed by atoms with Gasteiger partial charge in [0.05, 0.1) is 78.6 Å². The number of benzene rings is 7. The third-order valence-corrected chi connectivity index (χ3v) is 25.2. The summed E-state index contributed by atoms with van der Waals surface area (Å²) in [5, 5.41) is 25.5. The normalized spacial score (nSPS) is 19.2. The fourth-order valence-corrected chi connectivity index (χ4v) is 17.8. The van der Waals surface area contributed by atoms with Gasteiger partial charge in [0, 0.05) is 66.7 Å². The zero-order valence-electron chi connectivity index (χ0n) is 69.9. The van der Waals surface area contributed by atoms with Crippen LogP contribution in [-0.4, -0.2) is 123 Å². The van der Waals surface area contributed by atoms with E-state index in [2.05, 4.69) is 138 Å². The Morgan fingerprint density at radius 1 is 0.609 bits per heavy atom. The van der Waals surface area contributed by atoms with Crippen molar-refractivity contribution in [2.75, 3.05) is 51.1 Å². The molecule has 7 aromatic carbocycles. The number of carboxylic acids is 1. The number of nitriles is 1. The number of sulfonamides is 1. The molecule has 17 rings (SSSR count). The van der Waals surface area contributed by atoms with E-state index in [0.717, 1.165) is 79.6 Å². The molecule has 8 atom stereocenters. The first-order valence-electron chi connectivity index (χ1n) is 39.0. The van der Waals surface area contributed by atoms with Crippen LogP contribution in [0.25, 0.3) is 43.9 Å². The van der Waals surface area contributed by atoms with Gasteiger partial charge in [-0.2, -0.15) is 18.0 Å². The molecule has 6 aromatic heterocycles. The van der Waals surface area contributed by atoms with Crippen molar-refractivity contribution in [1.82, 2.24) is 53.5 Å². The Morgan fingerprint density at radius 2 is 1.07 bits per heavy atom. The van der Waals surface area contributed by atoms with Crippen LogP contribution in [0.4, 0.5) is 51.1 Å². The number of ether oxygens (including phenoxy) is 4. The summed E-state index contributed by atoms with van der Waals surface area (Å²) in [6.07, 6.45) is 14.0. The smallest absolute Gasteiger partial charge is 0.337 e. The fourth-order valence-electron chi connectivity index (χ4n) is 15.1. The van der Waals surface area contributed by atoms with Crippen molar-refractivity contribution < 1.29 is 46.9 Å². The van der Waals surface area contributed by atoms with E-state index in [0.29, 0.717) is 56.1 Å². The monoisotopic (exact) mass is 2100 g/mol. The average Bonchev–Trinajstić information content (AvgIpc) is 1.57. The molecule has 17 N–H and O–H groups in total. The molecule has 2 saturated carbocycles. The molecule has 2 saturated heterocycles. The van der Waals surface area contributed by atoms with Crippen molar-refractivity contribution in [2.45, 2.75) is 149 Å². The van der Waals surface area contributed by atoms with Gasteiger partial charge in [-0.3, -0.25) is 23.5 Å². The van der Waals surface area contributed by atoms with Crippen LogP contribution < -0.4 is 66.2 Å². The Balaban J connectivity index is 0.000000194. The van der Waals surface area contributed by atoms with E-state index in [4.69, 9.17) is 69.5 Å². The second kappa shape index (κ2) is 42.3. The molecule has 676 valence electrons. The zero-order valence-corrected chi connectivity index (χ0v) is 77.2. The Kier molecular flexibility index (Phi) is 33.6. The molecule has 33 nitrogen and oxygen atoms in total. The minimum absolute atomic E-state index is 0. The molecule has 37 heteroatoms. The second-order valence-electron chi connectivity index (χ2n) is 31.3. The number of para-hydroxylation sites is 2. The highest BCUT2D eigenvalue weighted by Crippen LogP contribution is 2.57. The van der Waals surface area contributed by atoms with Gasteiger partial charge in [-0.15, -0.1) is 6.58 Å². The first-order valence-corrected chi connectivity index (χ1v) is 43.7. The molecule has 8 heterocycles. The number of fused-ring (bicyclic) bond motifs is 6. The molecule has 0 unspecified atom stereocenters. The minimum Gasteiger partial charge on any atom is -0.478 e. The quantitative estimate of drug-likeness (QED) is 0.0178. The highest BCUT2D eigenvalue weighted by molar-refractivity contribution is 14.1. The van der Waals surface area contributed by atoms with Crippen LogP contribution in [0.15, 0.2) is 222 Å². The van der Waals surface area contributed by atoms with Gasteiger partial charge in [0.2, 0.25) is 11.9 Å². The SMILES string of the molecule is C.C.C.C=C[C@@]1(C)C[C@@H](n2ccc3c(N)ncnc32)[C@@H]2OC(C)(C)O[C@@H]21.CNC(=O)c1ccc(I)cc1N.Cc1ccc(S(=O)(=O)N(C#N)c2ccccc2)cc1.Cn1c(N)nc2cc(CC[C@@]3(C)C[C@@H](n4ccc5c(N)ncnc54)[C@@H]4OC(C)(C)O[C@@H]43)ccc2c1=O.Cn1c(N)nc2cc(I)ccc2c1=O.NC(=O)Nc1ccccc1.Nc1cc(I)ccc1C(=O)O. The van der Waals surface area contributed by atoms with E-state index in [1.54, 1.807) is 112 Å². The summed E-state index contributed by atoms with van der Waals surface area (Å²) in [6.45, 7) is 18.2. The Hall–Kier alpha value is -11.9. The van der Waals surface area contributed by atoms with Crippen LogP contribution in [0.3, 0.4) is 0 Å². The third-order valence-electron chi connectivity index (χ3n) is 21.6. The lowest BCUT2D eigenvalue weighted by molar-refractivity contribution is -0.168. The zero-order chi connectivity index (χ0) is 90.9. The maximum absolute atomic E-state index is 12.5. The molecule has 2 aliphatic carbocycles. The predicted molar refractivity (Wildman–Crippen MR) is 529 cm³/mol. The van der Waals surface area contributed by atoms with Crippen LogP contribution in [0, 0.1) is 39.9 Å². The van der Waals surface area contributed by atoms with Gasteiger partial charge in [-0.1, -0.05) is 102 Å². The number of aryl methyl sites for hydroxylation is 2. The number of aromatic carboxylic acids is 1. The lowest BCUT2D eigenvalue weighted by Crippen LogP contribution is -2.34. The number of primary amides is 1. The molecular weight excluding hydrogens is 1990 g/mol. The molecular formula is C91H108I3N21O12S. The van der Waals surface area contributed by atoms with Crippen LogP contribution in [0.5, 0.6) is 0 Å². The van der Waals surface area contributed by atoms with E-state index in [9.17, 15) is 32.4 Å². The Bertz CT molecular complexity index is 6480. The molecule has 0 spiro atoms. The van der Waals surface area contributed by atoms with Gasteiger partial charge >= 0.3 is 12.0 Å². The van der Waals surface area contributed by atoms with E-state index in [1.807, 2.05) is 120 Å². The number of nitrogens with two attached hydrogens (primary N) is 7. The van der Waals surface area contributed by atoms with E-state index in [-0.39, 0.29) is 109 Å². The number of anilines is 8. The summed E-state index contributed by atoms with van der Waals surface area (Å²) in [5.41, 5.74) is 46.5. The van der Waals surface area contributed by atoms with Crippen molar-refractivity contribution in [2.24, 2.45) is 30.7 Å². The summed E-state index contributed by atoms with van der Waals surface area (Å²) in [7, 11) is 0.978. The highest BCUT2D eigenvalue weighted by Gasteiger charge is 2.61. The largest absolute Gasteiger partial charge is 0.478 e. The molecule has 3 amide bonds. The van der Waals surface area contributed by atoms with Crippen molar-refractivity contribution in [1.29, 1.82) is 5.26 Å². The number of hydrogen-bond donors (Lipinski definition) is 10. The lowest BCUT2D eigenvalue weighted by Gasteiger charge is -2.32.